The number of benzene rings is 2. The van der Waals surface area contributed by atoms with Crippen LogP contribution in [-0.2, 0) is 20.6 Å². The molecule has 0 radical (unpaired) electrons. The van der Waals surface area contributed by atoms with Crippen molar-refractivity contribution in [2.45, 2.75) is 118 Å². The highest BCUT2D eigenvalue weighted by Gasteiger charge is 2.64. The molecule has 4 atom stereocenters. The van der Waals surface area contributed by atoms with Gasteiger partial charge in [0.2, 0.25) is 17.7 Å². The highest BCUT2D eigenvalue weighted by molar-refractivity contribution is 7.13. The average molecular weight is 1110 g/mol. The van der Waals surface area contributed by atoms with Crippen LogP contribution in [0, 0.1) is 34.5 Å². The molecule has 4 aromatic rings. The number of nitrogens with zero attached hydrogens (tertiary/aromatic N) is 8. The Hall–Kier alpha value is -6.18. The maximum atomic E-state index is 14.3. The number of hydrogen-bond donors (Lipinski definition) is 4. The minimum Gasteiger partial charge on any atom is -0.489 e. The number of aliphatic hydroxyl groups is 1. The van der Waals surface area contributed by atoms with Gasteiger partial charge in [-0.3, -0.25) is 29.0 Å². The Morgan fingerprint density at radius 3 is 2.08 bits per heavy atom. The number of anilines is 1. The molecule has 4 N–H and O–H groups in total. The number of nitriles is 1. The van der Waals surface area contributed by atoms with Gasteiger partial charge in [-0.05, 0) is 80.2 Å². The number of β-amino-alcohol motifs (C(OH)–C–C–N with tert-alkyl or cyclic N) is 1. The molecule has 3 aliphatic heterocycles. The number of alkyl halides is 3. The molecule has 1 saturated carbocycles. The molecule has 2 aromatic carbocycles. The van der Waals surface area contributed by atoms with Gasteiger partial charge in [-0.25, -0.2) is 9.97 Å². The molecule has 3 saturated heterocycles. The van der Waals surface area contributed by atoms with E-state index in [4.69, 9.17) is 4.74 Å². The fraction of sp³-hybridized carbons (Fsp3) is 0.569. The zero-order valence-electron chi connectivity index (χ0n) is 46.8. The molecule has 0 bridgehead atoms. The lowest BCUT2D eigenvalue weighted by molar-refractivity contribution is -0.164. The fourth-order valence-corrected chi connectivity index (χ4v) is 12.9. The normalized spacial score (nSPS) is 22.5. The van der Waals surface area contributed by atoms with Gasteiger partial charge >= 0.3 is 6.18 Å². The number of nitrogens with one attached hydrogen (secondary N) is 3. The minimum atomic E-state index is -4.71. The summed E-state index contributed by atoms with van der Waals surface area (Å²) in [5, 5.41) is 29.1. The van der Waals surface area contributed by atoms with E-state index in [0.717, 1.165) is 98.4 Å². The largest absolute Gasteiger partial charge is 0.489 e. The molecule has 426 valence electrons. The molecule has 1 aliphatic carbocycles. The molecule has 5 heterocycles. The topological polar surface area (TPSA) is 200 Å². The van der Waals surface area contributed by atoms with E-state index in [-0.39, 0.29) is 61.0 Å². The molecule has 4 amide bonds. The number of carbonyl (C=O) groups excluding carboxylic acids is 4. The van der Waals surface area contributed by atoms with Gasteiger partial charge in [0.05, 0.1) is 57.5 Å². The monoisotopic (exact) mass is 1110 g/mol. The number of ether oxygens (including phenoxy) is 1. The fourth-order valence-electron chi connectivity index (χ4n) is 12.1. The van der Waals surface area contributed by atoms with Crippen molar-refractivity contribution < 1.29 is 42.2 Å². The predicted octanol–water partition coefficient (Wildman–Crippen LogP) is 6.52. The van der Waals surface area contributed by atoms with Crippen LogP contribution in [0.1, 0.15) is 107 Å². The Labute approximate surface area is 465 Å². The molecule has 0 unspecified atom stereocenters. The van der Waals surface area contributed by atoms with Crippen molar-refractivity contribution >= 4 is 40.8 Å². The van der Waals surface area contributed by atoms with Crippen LogP contribution in [0.3, 0.4) is 0 Å². The Kier molecular flexibility index (Phi) is 17.8. The maximum absolute atomic E-state index is 14.3. The number of aryl methyl sites for hydroxylation is 1. The van der Waals surface area contributed by atoms with Gasteiger partial charge in [0.25, 0.3) is 5.91 Å². The summed E-state index contributed by atoms with van der Waals surface area (Å²) < 4.78 is 47.1. The summed E-state index contributed by atoms with van der Waals surface area (Å²) >= 11 is 1.58. The molecule has 4 fully saturated rings. The predicted molar refractivity (Wildman–Crippen MR) is 296 cm³/mol. The van der Waals surface area contributed by atoms with Gasteiger partial charge in [0, 0.05) is 88.4 Å². The smallest absolute Gasteiger partial charge is 0.417 e. The molecular weight excluding hydrogens is 1040 g/mol. The number of likely N-dealkylation sites (tertiary alicyclic amines) is 1. The zero-order chi connectivity index (χ0) is 57.2. The summed E-state index contributed by atoms with van der Waals surface area (Å²) in [4.78, 5) is 75.9. The van der Waals surface area contributed by atoms with Crippen molar-refractivity contribution in [3.05, 3.63) is 94.3 Å². The first-order valence-electron chi connectivity index (χ1n) is 27.3. The van der Waals surface area contributed by atoms with E-state index >= 15 is 0 Å². The quantitative estimate of drug-likeness (QED) is 0.0893. The van der Waals surface area contributed by atoms with Gasteiger partial charge in [0.15, 0.2) is 0 Å². The van der Waals surface area contributed by atoms with Crippen LogP contribution in [0.4, 0.5) is 19.0 Å². The lowest BCUT2D eigenvalue weighted by atomic mass is 9.49. The van der Waals surface area contributed by atoms with Gasteiger partial charge in [0.1, 0.15) is 29.8 Å². The summed E-state index contributed by atoms with van der Waals surface area (Å²) in [6.45, 7) is 25.6. The molecule has 2 aromatic heterocycles. The number of aromatic nitrogens is 2. The van der Waals surface area contributed by atoms with E-state index in [1.165, 1.54) is 11.0 Å². The second-order valence-electron chi connectivity index (χ2n) is 24.0. The Bertz CT molecular complexity index is 2840. The summed E-state index contributed by atoms with van der Waals surface area (Å²) in [6.07, 6.45) is -3.43. The Morgan fingerprint density at radius 2 is 1.51 bits per heavy atom. The molecule has 21 heteroatoms. The number of piperazine rings is 2. The van der Waals surface area contributed by atoms with E-state index in [0.29, 0.717) is 18.7 Å². The van der Waals surface area contributed by atoms with Crippen molar-refractivity contribution in [3.8, 4) is 22.3 Å². The number of thiazole rings is 1. The van der Waals surface area contributed by atoms with Gasteiger partial charge in [-0.1, -0.05) is 72.7 Å². The summed E-state index contributed by atoms with van der Waals surface area (Å²) in [5.74, 6) is -0.513. The average Bonchev–Trinajstić information content (AvgIpc) is 3.90. The van der Waals surface area contributed by atoms with Crippen molar-refractivity contribution in [1.82, 2.24) is 45.5 Å². The maximum Gasteiger partial charge on any atom is 0.417 e. The molecule has 17 nitrogen and oxygen atoms in total. The van der Waals surface area contributed by atoms with Crippen LogP contribution in [0.15, 0.2) is 66.3 Å². The first-order chi connectivity index (χ1) is 37.2. The van der Waals surface area contributed by atoms with E-state index in [1.807, 2.05) is 98.2 Å². The molecule has 8 rings (SSSR count). The van der Waals surface area contributed by atoms with E-state index in [2.05, 4.69) is 45.5 Å². The number of amides is 4. The first kappa shape index (κ1) is 59.0. The molecule has 79 heavy (non-hydrogen) atoms. The van der Waals surface area contributed by atoms with Gasteiger partial charge in [-0.15, -0.1) is 11.3 Å². The number of aliphatic hydroxyl groups excluding tert-OH is 1. The van der Waals surface area contributed by atoms with Crippen molar-refractivity contribution in [2.75, 3.05) is 83.4 Å². The lowest BCUT2D eigenvalue weighted by Gasteiger charge is -2.63. The van der Waals surface area contributed by atoms with Crippen LogP contribution in [-0.4, -0.2) is 167 Å². The lowest BCUT2D eigenvalue weighted by Crippen LogP contribution is -2.74. The number of pyridine rings is 1. The minimum absolute atomic E-state index is 0.00204. The second-order valence-corrected chi connectivity index (χ2v) is 24.8. The van der Waals surface area contributed by atoms with Crippen molar-refractivity contribution in [3.63, 3.8) is 0 Å². The SMILES string of the molecule is Cc1ncsc1-c1ccc([C@H](C)NC(=O)[C@@H]2C[C@@H](O)CN2C(=O)[C@@H](NC(=O)CN2CCN(CCCN3CCN(c4ccc(C(=O)N[C@H]5C(C)(C)[C@H](Oc6ccc(C#N)c(C(F)(F)F)c6)C5(C)C)cn4)CC3)CC2)C(C)(C)C)cc1. The van der Waals surface area contributed by atoms with E-state index in [1.54, 1.807) is 29.7 Å². The van der Waals surface area contributed by atoms with E-state index < -0.39 is 57.8 Å². The number of carbonyl (C=O) groups is 4. The third-order valence-corrected chi connectivity index (χ3v) is 17.3. The Balaban J connectivity index is 0.731. The number of halogens is 3. The third kappa shape index (κ3) is 13.5. The summed E-state index contributed by atoms with van der Waals surface area (Å²) in [6, 6.07) is 14.0. The van der Waals surface area contributed by atoms with Gasteiger partial charge in [-0.2, -0.15) is 18.4 Å². The number of rotatable bonds is 17. The van der Waals surface area contributed by atoms with Crippen molar-refractivity contribution in [2.24, 2.45) is 16.2 Å². The summed E-state index contributed by atoms with van der Waals surface area (Å²) in [7, 11) is 0. The highest BCUT2D eigenvalue weighted by atomic mass is 32.1. The Morgan fingerprint density at radius 1 is 0.873 bits per heavy atom. The van der Waals surface area contributed by atoms with Gasteiger partial charge < -0.3 is 40.5 Å². The highest BCUT2D eigenvalue weighted by Crippen LogP contribution is 2.56. The number of hydrogen-bond acceptors (Lipinski definition) is 14. The standard InChI is InChI=1S/C58H76F3N11O6S/c1-36(38-11-13-39(14-12-38)48-37(2)64-35-79-48)65-51(76)45-29-42(73)33-72(45)52(77)49(55(3,4)5)66-47(74)34-70-23-21-68(22-24-70)19-10-20-69-25-27-71(28-26-69)46-18-16-41(32-63-46)50(75)67-53-56(6,7)54(57(53,8)9)78-43-17-15-40(31-62)44(30-43)58(59,60)61/h11-18,30,32,35-36,42,45,49,53-54,73H,10,19-29,33-34H2,1-9H3,(H,65,76)(H,66,74)(H,67,75)/t36-,42+,45-,49+,53-,54-/m0/s1. The molecule has 4 aliphatic rings. The third-order valence-electron chi connectivity index (χ3n) is 16.3. The second kappa shape index (κ2) is 23.9. The first-order valence-corrected chi connectivity index (χ1v) is 28.2. The zero-order valence-corrected chi connectivity index (χ0v) is 47.6. The van der Waals surface area contributed by atoms with Crippen molar-refractivity contribution in [1.29, 1.82) is 5.26 Å². The van der Waals surface area contributed by atoms with Crippen LogP contribution in [0.2, 0.25) is 0 Å². The van der Waals surface area contributed by atoms with E-state index in [9.17, 15) is 42.7 Å². The van der Waals surface area contributed by atoms with Crippen LogP contribution >= 0.6 is 11.3 Å². The summed E-state index contributed by atoms with van der Waals surface area (Å²) in [5.41, 5.74) is 1.67. The van der Waals surface area contributed by atoms with Crippen LogP contribution in [0.5, 0.6) is 5.75 Å². The van der Waals surface area contributed by atoms with Crippen LogP contribution < -0.4 is 25.6 Å². The molecular formula is C58H76F3N11O6S. The van der Waals surface area contributed by atoms with Crippen LogP contribution in [0.25, 0.3) is 10.4 Å². The molecule has 0 spiro atoms.